The number of hydrogen-bond acceptors (Lipinski definition) is 4. The van der Waals surface area contributed by atoms with Crippen LogP contribution in [0.1, 0.15) is 32.2 Å². The largest absolute Gasteiger partial charge is 0.396 e. The molecule has 1 heterocycles. The number of likely N-dealkylation sites (N-methyl/N-ethyl adjacent to an activating group) is 1. The van der Waals surface area contributed by atoms with Gasteiger partial charge in [0, 0.05) is 13.1 Å². The highest BCUT2D eigenvalue weighted by atomic mass is 16.3. The molecule has 0 saturated heterocycles. The lowest BCUT2D eigenvalue weighted by atomic mass is 10.2. The summed E-state index contributed by atoms with van der Waals surface area (Å²) >= 11 is 0. The summed E-state index contributed by atoms with van der Waals surface area (Å²) in [6.07, 6.45) is -0.420. The fourth-order valence-corrected chi connectivity index (χ4v) is 2.29. The summed E-state index contributed by atoms with van der Waals surface area (Å²) < 4.78 is 1.80. The van der Waals surface area contributed by atoms with Gasteiger partial charge in [0.05, 0.1) is 29.7 Å². The zero-order chi connectivity index (χ0) is 14.6. The maximum atomic E-state index is 10.2. The molecule has 1 unspecified atom stereocenters. The van der Waals surface area contributed by atoms with Crippen molar-refractivity contribution in [3.05, 3.63) is 11.4 Å². The van der Waals surface area contributed by atoms with Gasteiger partial charge in [-0.1, -0.05) is 20.8 Å². The van der Waals surface area contributed by atoms with Gasteiger partial charge >= 0.3 is 0 Å². The smallest absolute Gasteiger partial charge is 0.0862 e. The molecule has 0 fully saturated rings. The van der Waals surface area contributed by atoms with E-state index in [1.54, 1.807) is 4.68 Å². The molecule has 1 rings (SSSR count). The molecular formula is C14H28N4O. The first kappa shape index (κ1) is 16.0. The van der Waals surface area contributed by atoms with Gasteiger partial charge in [-0.25, -0.2) is 0 Å². The van der Waals surface area contributed by atoms with Gasteiger partial charge in [0.15, 0.2) is 0 Å². The minimum absolute atomic E-state index is 0.420. The number of rotatable bonds is 7. The van der Waals surface area contributed by atoms with E-state index in [1.807, 2.05) is 13.8 Å². The van der Waals surface area contributed by atoms with E-state index in [0.717, 1.165) is 30.2 Å². The monoisotopic (exact) mass is 268 g/mol. The molecule has 1 atom stereocenters. The molecule has 0 radical (unpaired) electrons. The minimum Gasteiger partial charge on any atom is -0.396 e. The number of nitrogens with two attached hydrogens (primary N) is 1. The van der Waals surface area contributed by atoms with Crippen molar-refractivity contribution < 1.29 is 5.11 Å². The average Bonchev–Trinajstić information content (AvgIpc) is 2.55. The average molecular weight is 268 g/mol. The van der Waals surface area contributed by atoms with E-state index in [2.05, 4.69) is 30.8 Å². The number of nitrogens with zero attached hydrogens (tertiary/aromatic N) is 3. The Kier molecular flexibility index (Phi) is 5.82. The quantitative estimate of drug-likeness (QED) is 0.785. The Morgan fingerprint density at radius 3 is 2.37 bits per heavy atom. The normalized spacial score (nSPS) is 13.5. The van der Waals surface area contributed by atoms with Gasteiger partial charge in [0.1, 0.15) is 0 Å². The number of aromatic nitrogens is 2. The van der Waals surface area contributed by atoms with Crippen LogP contribution in [0.4, 0.5) is 5.69 Å². The third-order valence-corrected chi connectivity index (χ3v) is 3.36. The van der Waals surface area contributed by atoms with Crippen LogP contribution in [0.25, 0.3) is 0 Å². The molecule has 5 nitrogen and oxygen atoms in total. The lowest BCUT2D eigenvalue weighted by Crippen LogP contribution is -2.37. The van der Waals surface area contributed by atoms with Crippen LogP contribution in [0.5, 0.6) is 0 Å². The summed E-state index contributed by atoms with van der Waals surface area (Å²) in [7, 11) is 0. The summed E-state index contributed by atoms with van der Waals surface area (Å²) in [5.41, 5.74) is 8.39. The van der Waals surface area contributed by atoms with Gasteiger partial charge in [-0.15, -0.1) is 0 Å². The summed E-state index contributed by atoms with van der Waals surface area (Å²) in [6.45, 7) is 13.5. The highest BCUT2D eigenvalue weighted by molar-refractivity contribution is 5.46. The van der Waals surface area contributed by atoms with E-state index >= 15 is 0 Å². The van der Waals surface area contributed by atoms with E-state index in [4.69, 9.17) is 5.73 Å². The molecule has 0 spiro atoms. The van der Waals surface area contributed by atoms with Gasteiger partial charge in [0.25, 0.3) is 0 Å². The Bertz CT molecular complexity index is 400. The van der Waals surface area contributed by atoms with Gasteiger partial charge in [-0.2, -0.15) is 5.10 Å². The molecule has 3 N–H and O–H groups in total. The first-order valence-corrected chi connectivity index (χ1v) is 7.05. The third kappa shape index (κ3) is 4.51. The van der Waals surface area contributed by atoms with Crippen molar-refractivity contribution in [1.29, 1.82) is 0 Å². The van der Waals surface area contributed by atoms with Gasteiger partial charge < -0.3 is 15.7 Å². The Balaban J connectivity index is 2.58. The van der Waals surface area contributed by atoms with Crippen LogP contribution in [0.2, 0.25) is 0 Å². The number of anilines is 1. The number of aliphatic hydroxyl groups is 1. The lowest BCUT2D eigenvalue weighted by Gasteiger charge is -2.25. The van der Waals surface area contributed by atoms with E-state index in [-0.39, 0.29) is 0 Å². The molecule has 0 aliphatic rings. The number of aryl methyl sites for hydroxylation is 1. The molecule has 5 heteroatoms. The Hall–Kier alpha value is -1.07. The summed E-state index contributed by atoms with van der Waals surface area (Å²) in [5.74, 6) is 0.608. The fraction of sp³-hybridized carbons (Fsp3) is 0.786. The maximum absolute atomic E-state index is 10.2. The van der Waals surface area contributed by atoms with Crippen LogP contribution in [-0.2, 0) is 6.54 Å². The van der Waals surface area contributed by atoms with Crippen LogP contribution < -0.4 is 5.73 Å². The second-order valence-corrected chi connectivity index (χ2v) is 5.67. The molecule has 110 valence electrons. The zero-order valence-corrected chi connectivity index (χ0v) is 12.8. The van der Waals surface area contributed by atoms with Crippen LogP contribution in [0.3, 0.4) is 0 Å². The molecule has 0 aliphatic carbocycles. The zero-order valence-electron chi connectivity index (χ0n) is 12.8. The number of hydrogen-bond donors (Lipinski definition) is 2. The Morgan fingerprint density at radius 1 is 1.32 bits per heavy atom. The van der Waals surface area contributed by atoms with Crippen LogP contribution in [0.15, 0.2) is 0 Å². The third-order valence-electron chi connectivity index (χ3n) is 3.36. The van der Waals surface area contributed by atoms with Crippen molar-refractivity contribution in [2.45, 2.75) is 47.3 Å². The second-order valence-electron chi connectivity index (χ2n) is 5.67. The molecule has 0 saturated carbocycles. The molecule has 1 aromatic heterocycles. The molecular weight excluding hydrogens is 240 g/mol. The standard InChI is InChI=1S/C14H28N4O/c1-6-17(7-10(2)3)8-13(19)9-18-12(5)14(15)11(4)16-18/h10,13,19H,6-9,15H2,1-5H3. The summed E-state index contributed by atoms with van der Waals surface area (Å²) in [6, 6.07) is 0. The van der Waals surface area contributed by atoms with Crippen LogP contribution >= 0.6 is 0 Å². The topological polar surface area (TPSA) is 67.3 Å². The molecule has 19 heavy (non-hydrogen) atoms. The SMILES string of the molecule is CCN(CC(C)C)CC(O)Cn1nc(C)c(N)c1C. The predicted octanol–water partition coefficient (Wildman–Crippen LogP) is 1.42. The fourth-order valence-electron chi connectivity index (χ4n) is 2.29. The highest BCUT2D eigenvalue weighted by Crippen LogP contribution is 2.15. The summed E-state index contributed by atoms with van der Waals surface area (Å²) in [4.78, 5) is 2.27. The molecule has 0 bridgehead atoms. The predicted molar refractivity (Wildman–Crippen MR) is 79.1 cm³/mol. The van der Waals surface area contributed by atoms with Crippen molar-refractivity contribution in [1.82, 2.24) is 14.7 Å². The Labute approximate surface area is 116 Å². The van der Waals surface area contributed by atoms with Crippen molar-refractivity contribution in [2.24, 2.45) is 5.92 Å². The van der Waals surface area contributed by atoms with Crippen molar-refractivity contribution in [2.75, 3.05) is 25.4 Å². The lowest BCUT2D eigenvalue weighted by molar-refractivity contribution is 0.0913. The molecule has 0 aliphatic heterocycles. The van der Waals surface area contributed by atoms with Crippen LogP contribution in [-0.4, -0.2) is 45.5 Å². The Morgan fingerprint density at radius 2 is 1.95 bits per heavy atom. The van der Waals surface area contributed by atoms with Crippen molar-refractivity contribution in [3.8, 4) is 0 Å². The van der Waals surface area contributed by atoms with Gasteiger partial charge in [-0.3, -0.25) is 4.68 Å². The minimum atomic E-state index is -0.420. The second kappa shape index (κ2) is 6.91. The number of nitrogen functional groups attached to an aromatic ring is 1. The first-order chi connectivity index (χ1) is 8.85. The van der Waals surface area contributed by atoms with E-state index in [0.29, 0.717) is 19.0 Å². The van der Waals surface area contributed by atoms with E-state index in [9.17, 15) is 5.11 Å². The maximum Gasteiger partial charge on any atom is 0.0862 e. The first-order valence-electron chi connectivity index (χ1n) is 7.05. The van der Waals surface area contributed by atoms with E-state index < -0.39 is 6.10 Å². The van der Waals surface area contributed by atoms with Crippen molar-refractivity contribution >= 4 is 5.69 Å². The summed E-state index contributed by atoms with van der Waals surface area (Å²) in [5, 5.41) is 14.6. The van der Waals surface area contributed by atoms with E-state index in [1.165, 1.54) is 0 Å². The molecule has 0 aromatic carbocycles. The molecule has 0 amide bonds. The van der Waals surface area contributed by atoms with Crippen molar-refractivity contribution in [3.63, 3.8) is 0 Å². The number of aliphatic hydroxyl groups excluding tert-OH is 1. The van der Waals surface area contributed by atoms with Gasteiger partial charge in [0.2, 0.25) is 0 Å². The van der Waals surface area contributed by atoms with Crippen LogP contribution in [0, 0.1) is 19.8 Å². The van der Waals surface area contributed by atoms with Gasteiger partial charge in [-0.05, 0) is 26.3 Å². The molecule has 1 aromatic rings. The highest BCUT2D eigenvalue weighted by Gasteiger charge is 2.15.